The Balaban J connectivity index is 2.80. The van der Waals surface area contributed by atoms with Gasteiger partial charge in [0, 0.05) is 14.1 Å². The normalized spacial score (nSPS) is 9.80. The van der Waals surface area contributed by atoms with Crippen molar-refractivity contribution in [1.29, 1.82) is 0 Å². The molecule has 0 fully saturated rings. The zero-order valence-corrected chi connectivity index (χ0v) is 9.37. The van der Waals surface area contributed by atoms with Crippen molar-refractivity contribution in [3.05, 3.63) is 24.3 Å². The predicted octanol–water partition coefficient (Wildman–Crippen LogP) is 0.910. The van der Waals surface area contributed by atoms with Crippen molar-refractivity contribution in [1.82, 2.24) is 5.32 Å². The van der Waals surface area contributed by atoms with Crippen LogP contribution in [0.15, 0.2) is 24.3 Å². The Kier molecular flexibility index (Phi) is 4.12. The van der Waals surface area contributed by atoms with Gasteiger partial charge in [0.25, 0.3) is 0 Å². The van der Waals surface area contributed by atoms with Crippen molar-refractivity contribution in [2.24, 2.45) is 0 Å². The van der Waals surface area contributed by atoms with Gasteiger partial charge in [-0.05, 0) is 19.2 Å². The Morgan fingerprint density at radius 2 is 2.00 bits per heavy atom. The first-order valence-corrected chi connectivity index (χ1v) is 4.86. The van der Waals surface area contributed by atoms with Gasteiger partial charge >= 0.3 is 0 Å². The maximum Gasteiger partial charge on any atom is 0.238 e. The monoisotopic (exact) mass is 207 g/mol. The van der Waals surface area contributed by atoms with Gasteiger partial charge in [-0.3, -0.25) is 4.79 Å². The summed E-state index contributed by atoms with van der Waals surface area (Å²) in [6.45, 7) is 0.321. The minimum Gasteiger partial charge on any atom is -0.376 e. The molecule has 4 nitrogen and oxygen atoms in total. The number of para-hydroxylation sites is 2. The molecular weight excluding hydrogens is 190 g/mol. The second kappa shape index (κ2) is 5.36. The van der Waals surface area contributed by atoms with Gasteiger partial charge in [-0.15, -0.1) is 0 Å². The molecule has 0 aliphatic carbocycles. The van der Waals surface area contributed by atoms with E-state index in [2.05, 4.69) is 10.6 Å². The smallest absolute Gasteiger partial charge is 0.238 e. The molecule has 82 valence electrons. The average Bonchev–Trinajstić information content (AvgIpc) is 2.18. The van der Waals surface area contributed by atoms with E-state index in [0.29, 0.717) is 6.54 Å². The topological polar surface area (TPSA) is 44.4 Å². The van der Waals surface area contributed by atoms with Crippen LogP contribution < -0.4 is 15.5 Å². The van der Waals surface area contributed by atoms with E-state index in [1.807, 2.05) is 43.3 Å². The fraction of sp³-hybridized carbons (Fsp3) is 0.364. The first kappa shape index (κ1) is 11.5. The molecule has 0 atom stereocenters. The molecule has 0 saturated heterocycles. The summed E-state index contributed by atoms with van der Waals surface area (Å²) in [5, 5.41) is 5.66. The molecule has 1 amide bonds. The van der Waals surface area contributed by atoms with Gasteiger partial charge in [0.15, 0.2) is 0 Å². The molecule has 1 aromatic carbocycles. The number of rotatable bonds is 4. The second-order valence-electron chi connectivity index (χ2n) is 3.49. The Labute approximate surface area is 90.3 Å². The summed E-state index contributed by atoms with van der Waals surface area (Å²) >= 11 is 0. The van der Waals surface area contributed by atoms with Crippen molar-refractivity contribution in [3.8, 4) is 0 Å². The van der Waals surface area contributed by atoms with Gasteiger partial charge in [0.1, 0.15) is 0 Å². The van der Waals surface area contributed by atoms with E-state index in [0.717, 1.165) is 11.4 Å². The third kappa shape index (κ3) is 3.25. The molecule has 0 bridgehead atoms. The summed E-state index contributed by atoms with van der Waals surface area (Å²) < 4.78 is 0. The number of nitrogens with one attached hydrogen (secondary N) is 2. The minimum absolute atomic E-state index is 0.0354. The Bertz CT molecular complexity index is 336. The average molecular weight is 207 g/mol. The molecule has 0 aliphatic rings. The standard InChI is InChI=1S/C11H17N3O/c1-12-8-11(15)13-9-6-4-5-7-10(9)14(2)3/h4-7,12H,8H2,1-3H3,(H,13,15). The summed E-state index contributed by atoms with van der Waals surface area (Å²) in [4.78, 5) is 13.4. The van der Waals surface area contributed by atoms with E-state index < -0.39 is 0 Å². The van der Waals surface area contributed by atoms with Gasteiger partial charge in [-0.2, -0.15) is 0 Å². The van der Waals surface area contributed by atoms with Crippen LogP contribution in [0, 0.1) is 0 Å². The van der Waals surface area contributed by atoms with Gasteiger partial charge < -0.3 is 15.5 Å². The maximum atomic E-state index is 11.4. The van der Waals surface area contributed by atoms with Crippen molar-refractivity contribution < 1.29 is 4.79 Å². The highest BCUT2D eigenvalue weighted by Crippen LogP contribution is 2.22. The van der Waals surface area contributed by atoms with E-state index in [9.17, 15) is 4.79 Å². The first-order chi connectivity index (χ1) is 7.15. The van der Waals surface area contributed by atoms with Crippen LogP contribution in [-0.2, 0) is 4.79 Å². The number of carbonyl (C=O) groups is 1. The summed E-state index contributed by atoms with van der Waals surface area (Å²) in [7, 11) is 5.64. The van der Waals surface area contributed by atoms with Crippen molar-refractivity contribution >= 4 is 17.3 Å². The maximum absolute atomic E-state index is 11.4. The zero-order chi connectivity index (χ0) is 11.3. The van der Waals surface area contributed by atoms with Gasteiger partial charge in [0.2, 0.25) is 5.91 Å². The lowest BCUT2D eigenvalue weighted by atomic mass is 10.2. The quantitative estimate of drug-likeness (QED) is 0.771. The van der Waals surface area contributed by atoms with E-state index in [4.69, 9.17) is 0 Å². The molecule has 1 rings (SSSR count). The molecule has 0 spiro atoms. The summed E-state index contributed by atoms with van der Waals surface area (Å²) in [5.74, 6) is -0.0354. The largest absolute Gasteiger partial charge is 0.376 e. The summed E-state index contributed by atoms with van der Waals surface area (Å²) in [5.41, 5.74) is 1.84. The van der Waals surface area contributed by atoms with Crippen molar-refractivity contribution in [3.63, 3.8) is 0 Å². The molecule has 0 radical (unpaired) electrons. The third-order valence-corrected chi connectivity index (χ3v) is 2.00. The number of hydrogen-bond acceptors (Lipinski definition) is 3. The number of amides is 1. The van der Waals surface area contributed by atoms with Crippen LogP contribution in [0.25, 0.3) is 0 Å². The van der Waals surface area contributed by atoms with Crippen molar-refractivity contribution in [2.45, 2.75) is 0 Å². The van der Waals surface area contributed by atoms with E-state index >= 15 is 0 Å². The number of carbonyl (C=O) groups excluding carboxylic acids is 1. The number of benzene rings is 1. The van der Waals surface area contributed by atoms with Crippen LogP contribution in [0.5, 0.6) is 0 Å². The molecule has 4 heteroatoms. The fourth-order valence-corrected chi connectivity index (χ4v) is 1.32. The zero-order valence-electron chi connectivity index (χ0n) is 9.37. The van der Waals surface area contributed by atoms with E-state index in [1.165, 1.54) is 0 Å². The van der Waals surface area contributed by atoms with Crippen LogP contribution in [0.4, 0.5) is 11.4 Å². The number of likely N-dealkylation sites (N-methyl/N-ethyl adjacent to an activating group) is 1. The van der Waals surface area contributed by atoms with Crippen LogP contribution in [0.2, 0.25) is 0 Å². The molecule has 0 saturated carbocycles. The minimum atomic E-state index is -0.0354. The van der Waals surface area contributed by atoms with Crippen LogP contribution in [-0.4, -0.2) is 33.6 Å². The summed E-state index contributed by atoms with van der Waals surface area (Å²) in [6, 6.07) is 7.71. The molecule has 1 aromatic rings. The third-order valence-electron chi connectivity index (χ3n) is 2.00. The molecule has 0 aliphatic heterocycles. The van der Waals surface area contributed by atoms with Gasteiger partial charge in [-0.1, -0.05) is 12.1 Å². The number of nitrogens with zero attached hydrogens (tertiary/aromatic N) is 1. The van der Waals surface area contributed by atoms with Crippen LogP contribution in [0.3, 0.4) is 0 Å². The Morgan fingerprint density at radius 3 is 2.60 bits per heavy atom. The Morgan fingerprint density at radius 1 is 1.33 bits per heavy atom. The second-order valence-corrected chi connectivity index (χ2v) is 3.49. The molecule has 0 aromatic heterocycles. The van der Waals surface area contributed by atoms with Crippen LogP contribution >= 0.6 is 0 Å². The Hall–Kier alpha value is -1.55. The number of anilines is 2. The van der Waals surface area contributed by atoms with E-state index in [-0.39, 0.29) is 5.91 Å². The highest BCUT2D eigenvalue weighted by Gasteiger charge is 2.06. The fourth-order valence-electron chi connectivity index (χ4n) is 1.32. The molecule has 2 N–H and O–H groups in total. The van der Waals surface area contributed by atoms with E-state index in [1.54, 1.807) is 7.05 Å². The lowest BCUT2D eigenvalue weighted by Gasteiger charge is -2.17. The van der Waals surface area contributed by atoms with Gasteiger partial charge in [0.05, 0.1) is 17.9 Å². The predicted molar refractivity (Wildman–Crippen MR) is 63.3 cm³/mol. The summed E-state index contributed by atoms with van der Waals surface area (Å²) in [6.07, 6.45) is 0. The number of hydrogen-bond donors (Lipinski definition) is 2. The molecule has 15 heavy (non-hydrogen) atoms. The SMILES string of the molecule is CNCC(=O)Nc1ccccc1N(C)C. The van der Waals surface area contributed by atoms with Gasteiger partial charge in [-0.25, -0.2) is 0 Å². The molecule has 0 unspecified atom stereocenters. The van der Waals surface area contributed by atoms with Crippen molar-refractivity contribution in [2.75, 3.05) is 37.9 Å². The van der Waals surface area contributed by atoms with Crippen LogP contribution in [0.1, 0.15) is 0 Å². The highest BCUT2D eigenvalue weighted by molar-refractivity contribution is 5.95. The molecular formula is C11H17N3O. The first-order valence-electron chi connectivity index (χ1n) is 4.86. The lowest BCUT2D eigenvalue weighted by molar-refractivity contribution is -0.115. The highest BCUT2D eigenvalue weighted by atomic mass is 16.1. The lowest BCUT2D eigenvalue weighted by Crippen LogP contribution is -2.26. The molecule has 0 heterocycles.